The van der Waals surface area contributed by atoms with Gasteiger partial charge in [0.05, 0.1) is 24.5 Å². The molecule has 1 N–H and O–H groups in total. The third-order valence-corrected chi connectivity index (χ3v) is 5.06. The minimum atomic E-state index is -0.596. The lowest BCUT2D eigenvalue weighted by Crippen LogP contribution is -2.49. The average molecular weight is 382 g/mol. The van der Waals surface area contributed by atoms with Crippen molar-refractivity contribution in [1.82, 2.24) is 9.97 Å². The van der Waals surface area contributed by atoms with Gasteiger partial charge in [0.25, 0.3) is 0 Å². The molecule has 0 radical (unpaired) electrons. The van der Waals surface area contributed by atoms with Crippen molar-refractivity contribution in [2.75, 3.05) is 29.4 Å². The van der Waals surface area contributed by atoms with Crippen LogP contribution in [0, 0.1) is 11.6 Å². The van der Waals surface area contributed by atoms with Crippen LogP contribution in [0.4, 0.5) is 20.3 Å². The van der Waals surface area contributed by atoms with Gasteiger partial charge in [0.1, 0.15) is 17.5 Å². The molecule has 4 rings (SSSR count). The Bertz CT molecular complexity index is 954. The number of piperazine rings is 1. The maximum Gasteiger partial charge on any atom is 0.149 e. The second-order valence-electron chi connectivity index (χ2n) is 6.67. The fourth-order valence-corrected chi connectivity index (χ4v) is 3.72. The first-order chi connectivity index (χ1) is 13.7. The first kappa shape index (κ1) is 18.3. The summed E-state index contributed by atoms with van der Waals surface area (Å²) in [5.41, 5.74) is 2.12. The normalized spacial score (nSPS) is 17.0. The van der Waals surface area contributed by atoms with E-state index in [0.717, 1.165) is 23.0 Å². The fraction of sp³-hybridized carbons (Fsp3) is 0.238. The molecule has 1 aliphatic heterocycles. The molecule has 0 saturated carbocycles. The number of anilines is 2. The molecule has 1 aliphatic rings. The van der Waals surface area contributed by atoms with E-state index in [1.165, 1.54) is 12.1 Å². The van der Waals surface area contributed by atoms with Crippen molar-refractivity contribution < 1.29 is 13.9 Å². The van der Waals surface area contributed by atoms with Crippen LogP contribution in [0.1, 0.15) is 17.2 Å². The maximum atomic E-state index is 14.4. The zero-order valence-corrected chi connectivity index (χ0v) is 15.2. The smallest absolute Gasteiger partial charge is 0.149 e. The Morgan fingerprint density at radius 2 is 1.93 bits per heavy atom. The van der Waals surface area contributed by atoms with Gasteiger partial charge in [-0.05, 0) is 23.3 Å². The van der Waals surface area contributed by atoms with E-state index in [0.29, 0.717) is 25.3 Å². The minimum absolute atomic E-state index is 0.0914. The van der Waals surface area contributed by atoms with Crippen LogP contribution in [0.15, 0.2) is 61.1 Å². The second kappa shape index (κ2) is 7.90. The van der Waals surface area contributed by atoms with Gasteiger partial charge in [0.15, 0.2) is 0 Å². The van der Waals surface area contributed by atoms with Crippen molar-refractivity contribution in [3.63, 3.8) is 0 Å². The monoisotopic (exact) mass is 382 g/mol. The van der Waals surface area contributed by atoms with E-state index in [1.807, 2.05) is 29.2 Å². The van der Waals surface area contributed by atoms with E-state index in [-0.39, 0.29) is 12.6 Å². The Morgan fingerprint density at radius 3 is 2.68 bits per heavy atom. The number of nitrogens with zero attached hydrogens (tertiary/aromatic N) is 4. The molecule has 1 atom stereocenters. The van der Waals surface area contributed by atoms with Gasteiger partial charge in [-0.2, -0.15) is 0 Å². The molecule has 3 aromatic rings. The van der Waals surface area contributed by atoms with Crippen LogP contribution in [0.5, 0.6) is 0 Å². The molecule has 0 bridgehead atoms. The van der Waals surface area contributed by atoms with E-state index in [9.17, 15) is 13.9 Å². The summed E-state index contributed by atoms with van der Waals surface area (Å²) in [4.78, 5) is 12.6. The predicted molar refractivity (Wildman–Crippen MR) is 103 cm³/mol. The van der Waals surface area contributed by atoms with Crippen molar-refractivity contribution in [3.05, 3.63) is 83.8 Å². The first-order valence-corrected chi connectivity index (χ1v) is 9.08. The molecule has 0 spiro atoms. The Hall–Kier alpha value is -3.06. The molecule has 2 heterocycles. The van der Waals surface area contributed by atoms with Crippen LogP contribution in [-0.2, 0) is 6.61 Å². The highest BCUT2D eigenvalue weighted by atomic mass is 19.1. The van der Waals surface area contributed by atoms with E-state index in [2.05, 4.69) is 14.9 Å². The summed E-state index contributed by atoms with van der Waals surface area (Å²) >= 11 is 0. The van der Waals surface area contributed by atoms with Crippen LogP contribution in [0.25, 0.3) is 0 Å². The maximum absolute atomic E-state index is 14.4. The highest BCUT2D eigenvalue weighted by Gasteiger charge is 2.31. The molecule has 2 aromatic carbocycles. The summed E-state index contributed by atoms with van der Waals surface area (Å²) in [7, 11) is 0. The summed E-state index contributed by atoms with van der Waals surface area (Å²) in [5.74, 6) is -0.455. The summed E-state index contributed by atoms with van der Waals surface area (Å²) in [5, 5.41) is 9.80. The number of hydrogen-bond acceptors (Lipinski definition) is 5. The Balaban J connectivity index is 1.73. The van der Waals surface area contributed by atoms with E-state index in [4.69, 9.17) is 0 Å². The molecule has 28 heavy (non-hydrogen) atoms. The molecule has 144 valence electrons. The third kappa shape index (κ3) is 3.53. The molecule has 1 unspecified atom stereocenters. The number of hydrogen-bond donors (Lipinski definition) is 1. The number of halogens is 2. The highest BCUT2D eigenvalue weighted by Crippen LogP contribution is 2.34. The molecule has 1 saturated heterocycles. The SMILES string of the molecule is OCc1ccccc1C1CN(c2ccc(F)cc2F)CCN1c1cnccn1. The van der Waals surface area contributed by atoms with Crippen LogP contribution in [0.3, 0.4) is 0 Å². The van der Waals surface area contributed by atoms with Crippen molar-refractivity contribution >= 4 is 11.5 Å². The molecule has 1 aromatic heterocycles. The Kier molecular flexibility index (Phi) is 5.16. The van der Waals surface area contributed by atoms with Gasteiger partial charge in [-0.1, -0.05) is 24.3 Å². The lowest BCUT2D eigenvalue weighted by atomic mass is 9.96. The van der Waals surface area contributed by atoms with E-state index in [1.54, 1.807) is 18.6 Å². The van der Waals surface area contributed by atoms with Gasteiger partial charge < -0.3 is 14.9 Å². The predicted octanol–water partition coefficient (Wildman–Crippen LogP) is 3.32. The lowest BCUT2D eigenvalue weighted by molar-refractivity contribution is 0.279. The average Bonchev–Trinajstić information content (AvgIpc) is 2.74. The number of benzene rings is 2. The zero-order valence-electron chi connectivity index (χ0n) is 15.2. The van der Waals surface area contributed by atoms with Gasteiger partial charge in [-0.3, -0.25) is 4.98 Å². The standard InChI is InChI=1S/C21H20F2N4O/c22-16-5-6-19(18(23)11-16)26-9-10-27(21-12-24-7-8-25-21)20(13-26)17-4-2-1-3-15(17)14-28/h1-8,11-12,20,28H,9-10,13-14H2. The zero-order chi connectivity index (χ0) is 19.5. The van der Waals surface area contributed by atoms with Crippen molar-refractivity contribution in [3.8, 4) is 0 Å². The van der Waals surface area contributed by atoms with Gasteiger partial charge >= 0.3 is 0 Å². The van der Waals surface area contributed by atoms with Crippen LogP contribution >= 0.6 is 0 Å². The van der Waals surface area contributed by atoms with Gasteiger partial charge in [-0.15, -0.1) is 0 Å². The topological polar surface area (TPSA) is 52.5 Å². The quantitative estimate of drug-likeness (QED) is 0.750. The molecular formula is C21H20F2N4O. The molecule has 5 nitrogen and oxygen atoms in total. The fourth-order valence-electron chi connectivity index (χ4n) is 3.72. The summed E-state index contributed by atoms with van der Waals surface area (Å²) < 4.78 is 27.7. The van der Waals surface area contributed by atoms with Crippen molar-refractivity contribution in [1.29, 1.82) is 0 Å². The number of aliphatic hydroxyl groups is 1. The van der Waals surface area contributed by atoms with Crippen LogP contribution < -0.4 is 9.80 Å². The van der Waals surface area contributed by atoms with Crippen LogP contribution in [0.2, 0.25) is 0 Å². The van der Waals surface area contributed by atoms with Crippen LogP contribution in [-0.4, -0.2) is 34.7 Å². The van der Waals surface area contributed by atoms with Gasteiger partial charge in [-0.25, -0.2) is 13.8 Å². The summed E-state index contributed by atoms with van der Waals surface area (Å²) in [6.45, 7) is 1.51. The number of rotatable bonds is 4. The van der Waals surface area contributed by atoms with Gasteiger partial charge in [0, 0.05) is 38.1 Å². The Labute approximate surface area is 161 Å². The largest absolute Gasteiger partial charge is 0.392 e. The highest BCUT2D eigenvalue weighted by molar-refractivity contribution is 5.53. The minimum Gasteiger partial charge on any atom is -0.392 e. The second-order valence-corrected chi connectivity index (χ2v) is 6.67. The first-order valence-electron chi connectivity index (χ1n) is 9.08. The molecular weight excluding hydrogens is 362 g/mol. The molecule has 7 heteroatoms. The van der Waals surface area contributed by atoms with E-state index >= 15 is 0 Å². The summed E-state index contributed by atoms with van der Waals surface area (Å²) in [6.07, 6.45) is 4.95. The van der Waals surface area contributed by atoms with Crippen molar-refractivity contribution in [2.45, 2.75) is 12.6 Å². The molecule has 1 fully saturated rings. The third-order valence-electron chi connectivity index (χ3n) is 5.06. The van der Waals surface area contributed by atoms with Crippen molar-refractivity contribution in [2.24, 2.45) is 0 Å². The lowest BCUT2D eigenvalue weighted by Gasteiger charge is -2.43. The number of aliphatic hydroxyl groups excluding tert-OH is 1. The van der Waals surface area contributed by atoms with Gasteiger partial charge in [0.2, 0.25) is 0 Å². The summed E-state index contributed by atoms with van der Waals surface area (Å²) in [6, 6.07) is 11.1. The number of aromatic nitrogens is 2. The van der Waals surface area contributed by atoms with E-state index < -0.39 is 11.6 Å². The Morgan fingerprint density at radius 1 is 1.07 bits per heavy atom. The molecule has 0 aliphatic carbocycles. The molecule has 0 amide bonds.